The second-order valence-corrected chi connectivity index (χ2v) is 14.9. The molecule has 4 aliphatic heterocycles. The van der Waals surface area contributed by atoms with Crippen LogP contribution in [-0.4, -0.2) is 154 Å². The maximum absolute atomic E-state index is 16.1. The summed E-state index contributed by atoms with van der Waals surface area (Å²) in [7, 11) is 2.15. The molecule has 7 rings (SSSR count). The highest BCUT2D eigenvalue weighted by atomic mass is 19.1. The van der Waals surface area contributed by atoms with E-state index in [1.807, 2.05) is 6.20 Å². The van der Waals surface area contributed by atoms with Gasteiger partial charge in [0.05, 0.1) is 49.1 Å². The average Bonchev–Trinajstić information content (AvgIpc) is 3.05. The molecule has 7 aliphatic rings. The van der Waals surface area contributed by atoms with Gasteiger partial charge in [0.15, 0.2) is 5.78 Å². The topological polar surface area (TPSA) is 89.6 Å². The lowest BCUT2D eigenvalue weighted by molar-refractivity contribution is -0.208. The predicted octanol–water partition coefficient (Wildman–Crippen LogP) is 1.26. The first kappa shape index (κ1) is 31.9. The Labute approximate surface area is 268 Å². The number of carbonyl (C=O) groups excluding carboxylic acids is 2. The van der Waals surface area contributed by atoms with E-state index in [2.05, 4.69) is 37.3 Å². The fraction of sp³-hybridized carbons (Fsp3) is 0.882. The number of nitrogens with zero attached hydrogens (tertiary/aromatic N) is 4. The van der Waals surface area contributed by atoms with Gasteiger partial charge in [-0.15, -0.1) is 0 Å². The molecule has 0 bridgehead atoms. The molecule has 6 fully saturated rings. The maximum Gasteiger partial charge on any atom is 0.256 e. The molecular formula is C34H55FN6O4. The lowest BCUT2D eigenvalue weighted by Gasteiger charge is -2.61. The van der Waals surface area contributed by atoms with Gasteiger partial charge < -0.3 is 34.8 Å². The summed E-state index contributed by atoms with van der Waals surface area (Å²) in [5, 5.41) is 6.60. The lowest BCUT2D eigenvalue weighted by atomic mass is 9.65. The van der Waals surface area contributed by atoms with Crippen LogP contribution in [0.15, 0.2) is 11.8 Å². The molecule has 1 amide bonds. The summed E-state index contributed by atoms with van der Waals surface area (Å²) in [4.78, 5) is 37.0. The van der Waals surface area contributed by atoms with Gasteiger partial charge in [-0.2, -0.15) is 0 Å². The van der Waals surface area contributed by atoms with Crippen LogP contribution in [0.3, 0.4) is 0 Å². The number of halogens is 1. The van der Waals surface area contributed by atoms with Crippen molar-refractivity contribution in [3.63, 3.8) is 0 Å². The molecule has 0 aromatic rings. The SMILES string of the molecule is CN1CCN(CCCNC(=O)C2=CN3C4CC5CCCCC5CC4OC4C(NCCN5CCOCC5)C(F)CC(C2=O)C43)CC1. The van der Waals surface area contributed by atoms with Crippen molar-refractivity contribution in [1.29, 1.82) is 0 Å². The van der Waals surface area contributed by atoms with Crippen molar-refractivity contribution < 1.29 is 23.5 Å². The Bertz CT molecular complexity index is 1080. The van der Waals surface area contributed by atoms with E-state index in [1.165, 1.54) is 25.7 Å². The standard InChI is InChI=1S/C34H55FN6O4/c1-38-11-13-39(14-12-38)9-4-7-37-34(43)26-22-41-28-19-23-5-2-3-6-24(23)20-29(28)45-33-30(27(35)21-25(31(33)41)32(26)42)36-8-10-40-15-17-44-18-16-40/h22-25,27-31,33,36H,2-21H2,1H3,(H,37,43). The molecule has 3 saturated heterocycles. The summed E-state index contributed by atoms with van der Waals surface area (Å²) in [6.45, 7) is 10.5. The second kappa shape index (κ2) is 14.2. The third-order valence-electron chi connectivity index (χ3n) is 12.2. The van der Waals surface area contributed by atoms with Gasteiger partial charge in [0.25, 0.3) is 5.91 Å². The van der Waals surface area contributed by atoms with E-state index in [4.69, 9.17) is 9.47 Å². The maximum atomic E-state index is 16.1. The number of likely N-dealkylation sites (N-methyl/N-ethyl adjacent to an activating group) is 1. The van der Waals surface area contributed by atoms with Crippen molar-refractivity contribution >= 4 is 11.7 Å². The first-order chi connectivity index (χ1) is 22.0. The Morgan fingerprint density at radius 1 is 0.956 bits per heavy atom. The third-order valence-corrected chi connectivity index (χ3v) is 12.2. The number of amides is 1. The lowest BCUT2D eigenvalue weighted by Crippen LogP contribution is -2.73. The van der Waals surface area contributed by atoms with E-state index in [0.29, 0.717) is 24.9 Å². The van der Waals surface area contributed by atoms with E-state index < -0.39 is 24.2 Å². The summed E-state index contributed by atoms with van der Waals surface area (Å²) in [5.74, 6) is 0.243. The van der Waals surface area contributed by atoms with E-state index >= 15 is 4.39 Å². The molecule has 0 aromatic heterocycles. The van der Waals surface area contributed by atoms with Crippen LogP contribution in [0.25, 0.3) is 0 Å². The van der Waals surface area contributed by atoms with Crippen LogP contribution in [0, 0.1) is 17.8 Å². The van der Waals surface area contributed by atoms with Crippen molar-refractivity contribution in [3.8, 4) is 0 Å². The van der Waals surface area contributed by atoms with Crippen LogP contribution in [0.1, 0.15) is 51.4 Å². The highest BCUT2D eigenvalue weighted by Crippen LogP contribution is 2.50. The van der Waals surface area contributed by atoms with Crippen molar-refractivity contribution in [2.75, 3.05) is 85.7 Å². The van der Waals surface area contributed by atoms with Crippen LogP contribution >= 0.6 is 0 Å². The van der Waals surface area contributed by atoms with E-state index in [0.717, 1.165) is 84.8 Å². The zero-order valence-electron chi connectivity index (χ0n) is 27.2. The Kier molecular flexibility index (Phi) is 10.1. The monoisotopic (exact) mass is 630 g/mol. The average molecular weight is 631 g/mol. The number of fused-ring (bicyclic) bond motifs is 3. The number of morpholine rings is 2. The highest BCUT2D eigenvalue weighted by Gasteiger charge is 2.59. The van der Waals surface area contributed by atoms with E-state index in [9.17, 15) is 9.59 Å². The minimum atomic E-state index is -1.21. The number of carbonyl (C=O) groups is 2. The number of Topliss-reactive ketones (excluding diaryl/α,β-unsaturated/α-hetero) is 1. The van der Waals surface area contributed by atoms with Crippen LogP contribution in [0.5, 0.6) is 0 Å². The molecule has 11 heteroatoms. The van der Waals surface area contributed by atoms with Crippen LogP contribution in [0.4, 0.5) is 4.39 Å². The molecule has 2 N–H and O–H groups in total. The zero-order valence-corrected chi connectivity index (χ0v) is 27.2. The molecule has 45 heavy (non-hydrogen) atoms. The van der Waals surface area contributed by atoms with Crippen molar-refractivity contribution in [2.24, 2.45) is 17.8 Å². The number of nitrogens with one attached hydrogen (secondary N) is 2. The molecule has 4 heterocycles. The minimum Gasteiger partial charge on any atom is -0.379 e. The molecule has 0 aromatic carbocycles. The number of alkyl halides is 1. The Balaban J connectivity index is 1.06. The Morgan fingerprint density at radius 2 is 1.69 bits per heavy atom. The van der Waals surface area contributed by atoms with Crippen LogP contribution in [0.2, 0.25) is 0 Å². The van der Waals surface area contributed by atoms with Gasteiger partial charge in [0, 0.05) is 71.0 Å². The fourth-order valence-electron chi connectivity index (χ4n) is 9.58. The summed E-state index contributed by atoms with van der Waals surface area (Å²) in [5.41, 5.74) is 0.215. The molecule has 3 aliphatic carbocycles. The molecular weight excluding hydrogens is 575 g/mol. The summed E-state index contributed by atoms with van der Waals surface area (Å²) in [6.07, 6.45) is 8.31. The van der Waals surface area contributed by atoms with Gasteiger partial charge in [-0.05, 0) is 51.1 Å². The van der Waals surface area contributed by atoms with Crippen LogP contribution in [-0.2, 0) is 19.1 Å². The first-order valence-corrected chi connectivity index (χ1v) is 18.0. The summed E-state index contributed by atoms with van der Waals surface area (Å²) in [6, 6.07) is -0.571. The van der Waals surface area contributed by atoms with Crippen molar-refractivity contribution in [3.05, 3.63) is 11.8 Å². The number of piperazine rings is 1. The smallest absolute Gasteiger partial charge is 0.256 e. The van der Waals surface area contributed by atoms with Gasteiger partial charge in [0.1, 0.15) is 6.17 Å². The predicted molar refractivity (Wildman–Crippen MR) is 169 cm³/mol. The van der Waals surface area contributed by atoms with Gasteiger partial charge in [-0.3, -0.25) is 14.5 Å². The molecule has 9 unspecified atom stereocenters. The molecule has 9 atom stereocenters. The number of ketones is 1. The largest absolute Gasteiger partial charge is 0.379 e. The number of hydrogen-bond donors (Lipinski definition) is 2. The summed E-state index contributed by atoms with van der Waals surface area (Å²) < 4.78 is 28.6. The number of rotatable bonds is 9. The second-order valence-electron chi connectivity index (χ2n) is 14.9. The molecule has 0 radical (unpaired) electrons. The molecule has 10 nitrogen and oxygen atoms in total. The zero-order chi connectivity index (χ0) is 30.9. The van der Waals surface area contributed by atoms with Gasteiger partial charge >= 0.3 is 0 Å². The Morgan fingerprint density at radius 3 is 2.47 bits per heavy atom. The first-order valence-electron chi connectivity index (χ1n) is 18.0. The van der Waals surface area contributed by atoms with E-state index in [1.54, 1.807) is 0 Å². The van der Waals surface area contributed by atoms with Crippen molar-refractivity contribution in [1.82, 2.24) is 30.2 Å². The number of hydrogen-bond acceptors (Lipinski definition) is 9. The quantitative estimate of drug-likeness (QED) is 0.289. The van der Waals surface area contributed by atoms with Crippen molar-refractivity contribution in [2.45, 2.75) is 87.9 Å². The fourth-order valence-corrected chi connectivity index (χ4v) is 9.58. The molecule has 3 saturated carbocycles. The Hall–Kier alpha value is -1.63. The summed E-state index contributed by atoms with van der Waals surface area (Å²) >= 11 is 0. The van der Waals surface area contributed by atoms with Crippen LogP contribution < -0.4 is 10.6 Å². The minimum absolute atomic E-state index is 0.00237. The normalized spacial score (nSPS) is 39.4. The highest BCUT2D eigenvalue weighted by molar-refractivity contribution is 6.20. The van der Waals surface area contributed by atoms with Gasteiger partial charge in [-0.25, -0.2) is 4.39 Å². The molecule has 252 valence electrons. The molecule has 0 spiro atoms. The van der Waals surface area contributed by atoms with Gasteiger partial charge in [0.2, 0.25) is 0 Å². The number of ether oxygens (including phenoxy) is 2. The van der Waals surface area contributed by atoms with E-state index in [-0.39, 0.29) is 41.9 Å². The third kappa shape index (κ3) is 6.85. The van der Waals surface area contributed by atoms with Gasteiger partial charge in [-0.1, -0.05) is 25.7 Å².